The van der Waals surface area contributed by atoms with Gasteiger partial charge in [0.15, 0.2) is 5.84 Å². The van der Waals surface area contributed by atoms with Gasteiger partial charge in [-0.3, -0.25) is 4.90 Å². The molecule has 1 saturated carbocycles. The Bertz CT molecular complexity index is 758. The van der Waals surface area contributed by atoms with Gasteiger partial charge in [0, 0.05) is 19.8 Å². The average molecular weight is 335 g/mol. The zero-order valence-electron chi connectivity index (χ0n) is 14.9. The lowest BCUT2D eigenvalue weighted by molar-refractivity contribution is 0.192. The Labute approximate surface area is 149 Å². The Balaban J connectivity index is 1.46. The van der Waals surface area contributed by atoms with Crippen LogP contribution in [0.15, 0.2) is 52.2 Å². The van der Waals surface area contributed by atoms with Gasteiger partial charge in [-0.25, -0.2) is 9.98 Å². The van der Waals surface area contributed by atoms with Crippen molar-refractivity contribution in [3.63, 3.8) is 0 Å². The summed E-state index contributed by atoms with van der Waals surface area (Å²) in [5.41, 5.74) is 2.75. The van der Waals surface area contributed by atoms with Crippen LogP contribution in [0.4, 0.5) is 0 Å². The molecule has 0 bridgehead atoms. The van der Waals surface area contributed by atoms with Gasteiger partial charge in [0.1, 0.15) is 6.67 Å². The first-order chi connectivity index (χ1) is 12.3. The molecule has 5 nitrogen and oxygen atoms in total. The third-order valence-electron chi connectivity index (χ3n) is 5.99. The SMILES string of the molecule is CN1C=C2C(=NCN2Cc2ccccc2)N2C1=NCC21CCCCC1. The molecule has 1 aromatic rings. The van der Waals surface area contributed by atoms with E-state index in [1.54, 1.807) is 0 Å². The number of aliphatic imine (C=N–C) groups is 2. The summed E-state index contributed by atoms with van der Waals surface area (Å²) in [4.78, 5) is 16.9. The van der Waals surface area contributed by atoms with Gasteiger partial charge >= 0.3 is 0 Å². The quantitative estimate of drug-likeness (QED) is 0.833. The second-order valence-electron chi connectivity index (χ2n) is 7.67. The highest BCUT2D eigenvalue weighted by Gasteiger charge is 2.50. The molecule has 0 N–H and O–H groups in total. The molecular weight excluding hydrogens is 310 g/mol. The van der Waals surface area contributed by atoms with Gasteiger partial charge < -0.3 is 9.80 Å². The number of rotatable bonds is 2. The molecule has 1 aromatic carbocycles. The van der Waals surface area contributed by atoms with Crippen molar-refractivity contribution in [2.45, 2.75) is 44.2 Å². The van der Waals surface area contributed by atoms with Gasteiger partial charge in [-0.2, -0.15) is 0 Å². The van der Waals surface area contributed by atoms with Crippen LogP contribution >= 0.6 is 0 Å². The van der Waals surface area contributed by atoms with E-state index in [0.29, 0.717) is 0 Å². The Morgan fingerprint density at radius 2 is 1.84 bits per heavy atom. The number of nitrogens with zero attached hydrogens (tertiary/aromatic N) is 5. The van der Waals surface area contributed by atoms with Gasteiger partial charge in [-0.05, 0) is 18.4 Å². The lowest BCUT2D eigenvalue weighted by atomic mass is 9.80. The second kappa shape index (κ2) is 5.61. The molecule has 25 heavy (non-hydrogen) atoms. The summed E-state index contributed by atoms with van der Waals surface area (Å²) in [6, 6.07) is 10.7. The summed E-state index contributed by atoms with van der Waals surface area (Å²) in [7, 11) is 2.12. The highest BCUT2D eigenvalue weighted by Crippen LogP contribution is 2.42. The van der Waals surface area contributed by atoms with Crippen molar-refractivity contribution >= 4 is 11.8 Å². The number of guanidine groups is 1. The molecule has 5 heteroatoms. The normalized spacial score (nSPS) is 24.0. The molecule has 3 heterocycles. The lowest BCUT2D eigenvalue weighted by Gasteiger charge is -2.45. The van der Waals surface area contributed by atoms with E-state index in [4.69, 9.17) is 9.98 Å². The minimum atomic E-state index is 0.170. The molecule has 0 saturated heterocycles. The Morgan fingerprint density at radius 3 is 2.64 bits per heavy atom. The fourth-order valence-corrected chi connectivity index (χ4v) is 4.71. The van der Waals surface area contributed by atoms with E-state index in [-0.39, 0.29) is 5.54 Å². The standard InChI is InChI=1S/C20H25N5/c1-23-13-17-18(22-15-24(17)12-16-8-4-2-5-9-16)25-19(23)21-14-20(25)10-6-3-7-11-20/h2,4-5,8-9,13H,3,6-7,10-12,14-15H2,1H3. The summed E-state index contributed by atoms with van der Waals surface area (Å²) in [5, 5.41) is 0. The van der Waals surface area contributed by atoms with Crippen LogP contribution in [0.5, 0.6) is 0 Å². The molecule has 1 spiro atoms. The maximum atomic E-state index is 4.95. The first-order valence-corrected chi connectivity index (χ1v) is 9.40. The summed E-state index contributed by atoms with van der Waals surface area (Å²) < 4.78 is 0. The number of fused-ring (bicyclic) bond motifs is 4. The first-order valence-electron chi connectivity index (χ1n) is 9.40. The van der Waals surface area contributed by atoms with Crippen molar-refractivity contribution in [1.29, 1.82) is 0 Å². The van der Waals surface area contributed by atoms with E-state index in [2.05, 4.69) is 58.3 Å². The van der Waals surface area contributed by atoms with E-state index in [1.165, 1.54) is 43.4 Å². The van der Waals surface area contributed by atoms with Crippen LogP contribution in [0.3, 0.4) is 0 Å². The van der Waals surface area contributed by atoms with Gasteiger partial charge in [0.2, 0.25) is 5.96 Å². The fourth-order valence-electron chi connectivity index (χ4n) is 4.71. The van der Waals surface area contributed by atoms with Crippen LogP contribution in [-0.2, 0) is 6.54 Å². The largest absolute Gasteiger partial charge is 0.344 e. The highest BCUT2D eigenvalue weighted by molar-refractivity contribution is 6.13. The smallest absolute Gasteiger partial charge is 0.206 e. The third kappa shape index (κ3) is 2.29. The average Bonchev–Trinajstić information content (AvgIpc) is 3.20. The number of hydrogen-bond donors (Lipinski definition) is 0. The Morgan fingerprint density at radius 1 is 1.04 bits per heavy atom. The summed E-state index contributed by atoms with van der Waals surface area (Å²) in [6.45, 7) is 2.57. The van der Waals surface area contributed by atoms with Crippen molar-refractivity contribution in [1.82, 2.24) is 14.7 Å². The van der Waals surface area contributed by atoms with Crippen LogP contribution in [-0.4, -0.2) is 52.3 Å². The molecule has 0 amide bonds. The third-order valence-corrected chi connectivity index (χ3v) is 5.99. The lowest BCUT2D eigenvalue weighted by Crippen LogP contribution is -2.58. The molecule has 0 unspecified atom stereocenters. The molecule has 1 aliphatic carbocycles. The van der Waals surface area contributed by atoms with Crippen molar-refractivity contribution in [3.8, 4) is 0 Å². The zero-order valence-corrected chi connectivity index (χ0v) is 14.9. The second-order valence-corrected chi connectivity index (χ2v) is 7.67. The Hall–Kier alpha value is -2.30. The molecule has 1 fully saturated rings. The number of hydrogen-bond acceptors (Lipinski definition) is 5. The summed E-state index contributed by atoms with van der Waals surface area (Å²) in [6.07, 6.45) is 8.66. The predicted molar refractivity (Wildman–Crippen MR) is 100 cm³/mol. The van der Waals surface area contributed by atoms with Crippen LogP contribution in [0.25, 0.3) is 0 Å². The van der Waals surface area contributed by atoms with Crippen molar-refractivity contribution in [2.75, 3.05) is 20.3 Å². The topological polar surface area (TPSA) is 34.4 Å². The maximum Gasteiger partial charge on any atom is 0.206 e. The molecule has 5 rings (SSSR count). The molecular formula is C20H25N5. The minimum absolute atomic E-state index is 0.170. The fraction of sp³-hybridized carbons (Fsp3) is 0.500. The van der Waals surface area contributed by atoms with E-state index >= 15 is 0 Å². The molecule has 0 atom stereocenters. The Kier molecular flexibility index (Phi) is 3.37. The van der Waals surface area contributed by atoms with Crippen molar-refractivity contribution in [3.05, 3.63) is 47.8 Å². The van der Waals surface area contributed by atoms with Crippen LogP contribution in [0.2, 0.25) is 0 Å². The highest BCUT2D eigenvalue weighted by atomic mass is 15.5. The van der Waals surface area contributed by atoms with E-state index < -0.39 is 0 Å². The number of amidine groups is 1. The molecule has 3 aliphatic heterocycles. The van der Waals surface area contributed by atoms with Gasteiger partial charge in [0.25, 0.3) is 0 Å². The van der Waals surface area contributed by atoms with E-state index in [9.17, 15) is 0 Å². The van der Waals surface area contributed by atoms with Crippen LogP contribution < -0.4 is 0 Å². The van der Waals surface area contributed by atoms with Crippen LogP contribution in [0.1, 0.15) is 37.7 Å². The van der Waals surface area contributed by atoms with E-state index in [1.807, 2.05) is 0 Å². The summed E-state index contributed by atoms with van der Waals surface area (Å²) >= 11 is 0. The van der Waals surface area contributed by atoms with Crippen molar-refractivity contribution < 1.29 is 0 Å². The van der Waals surface area contributed by atoms with Gasteiger partial charge in [-0.1, -0.05) is 49.6 Å². The van der Waals surface area contributed by atoms with E-state index in [0.717, 1.165) is 31.6 Å². The maximum absolute atomic E-state index is 4.95. The summed E-state index contributed by atoms with van der Waals surface area (Å²) in [5.74, 6) is 2.23. The number of benzene rings is 1. The van der Waals surface area contributed by atoms with Gasteiger partial charge in [0.05, 0.1) is 17.8 Å². The first kappa shape index (κ1) is 15.0. The molecule has 0 aromatic heterocycles. The van der Waals surface area contributed by atoms with Gasteiger partial charge in [-0.15, -0.1) is 0 Å². The van der Waals surface area contributed by atoms with Crippen LogP contribution in [0, 0.1) is 0 Å². The molecule has 4 aliphatic rings. The monoisotopic (exact) mass is 335 g/mol. The molecule has 0 radical (unpaired) electrons. The van der Waals surface area contributed by atoms with Crippen molar-refractivity contribution in [2.24, 2.45) is 9.98 Å². The predicted octanol–water partition coefficient (Wildman–Crippen LogP) is 3.02. The molecule has 130 valence electrons. The zero-order chi connectivity index (χ0) is 16.9. The minimum Gasteiger partial charge on any atom is -0.344 e.